The Balaban J connectivity index is 1.24. The smallest absolute Gasteiger partial charge is 0.337 e. The minimum absolute atomic E-state index is 0.0826. The summed E-state index contributed by atoms with van der Waals surface area (Å²) in [5.74, 6) is 0.846. The van der Waals surface area contributed by atoms with Crippen molar-refractivity contribution in [1.82, 2.24) is 10.2 Å². The fraction of sp³-hybridized carbons (Fsp3) is 0.459. The number of methoxy groups -OCH3 is 2. The first-order valence-corrected chi connectivity index (χ1v) is 17.1. The van der Waals surface area contributed by atoms with Gasteiger partial charge in [0.05, 0.1) is 28.6 Å². The minimum Gasteiger partial charge on any atom is -0.490 e. The number of carbonyl (C=O) groups is 2. The molecule has 0 unspecified atom stereocenters. The molecule has 10 heteroatoms. The van der Waals surface area contributed by atoms with E-state index in [1.807, 2.05) is 48.2 Å². The van der Waals surface area contributed by atoms with Gasteiger partial charge in [-0.2, -0.15) is 0 Å². The van der Waals surface area contributed by atoms with Gasteiger partial charge in [0.2, 0.25) is 5.91 Å². The Bertz CT molecular complexity index is 1500. The number of hydrogen-bond donors (Lipinski definition) is 1. The Hall–Kier alpha value is -3.30. The fourth-order valence-corrected chi connectivity index (χ4v) is 7.00. The van der Waals surface area contributed by atoms with E-state index in [0.29, 0.717) is 54.3 Å². The summed E-state index contributed by atoms with van der Waals surface area (Å²) < 4.78 is 22.0. The number of piperidine rings is 1. The Labute approximate surface area is 287 Å². The van der Waals surface area contributed by atoms with Crippen molar-refractivity contribution in [3.63, 3.8) is 0 Å². The van der Waals surface area contributed by atoms with E-state index in [-0.39, 0.29) is 29.8 Å². The molecule has 3 aromatic carbocycles. The van der Waals surface area contributed by atoms with Gasteiger partial charge in [-0.15, -0.1) is 0 Å². The fourth-order valence-electron chi connectivity index (χ4n) is 6.29. The largest absolute Gasteiger partial charge is 0.490 e. The normalized spacial score (nSPS) is 17.6. The highest BCUT2D eigenvalue weighted by atomic mass is 35.5. The molecule has 0 radical (unpaired) electrons. The molecule has 1 amide bonds. The first-order valence-electron chi connectivity index (χ1n) is 16.3. The highest BCUT2D eigenvalue weighted by Crippen LogP contribution is 2.37. The van der Waals surface area contributed by atoms with Gasteiger partial charge in [0.15, 0.2) is 5.75 Å². The summed E-state index contributed by atoms with van der Waals surface area (Å²) in [5, 5.41) is 4.41. The first-order chi connectivity index (χ1) is 22.8. The number of rotatable bonds is 15. The van der Waals surface area contributed by atoms with Crippen LogP contribution in [0.2, 0.25) is 10.0 Å². The predicted molar refractivity (Wildman–Crippen MR) is 184 cm³/mol. The van der Waals surface area contributed by atoms with Crippen LogP contribution in [0.3, 0.4) is 0 Å². The second-order valence-corrected chi connectivity index (χ2v) is 13.2. The van der Waals surface area contributed by atoms with Crippen LogP contribution in [0.15, 0.2) is 54.6 Å². The molecule has 1 aliphatic carbocycles. The van der Waals surface area contributed by atoms with Crippen molar-refractivity contribution in [2.45, 2.75) is 57.5 Å². The third kappa shape index (κ3) is 9.41. The quantitative estimate of drug-likeness (QED) is 0.136. The monoisotopic (exact) mass is 682 g/mol. The maximum atomic E-state index is 14.3. The third-order valence-corrected chi connectivity index (χ3v) is 9.32. The average Bonchev–Trinajstić information content (AvgIpc) is 3.92. The van der Waals surface area contributed by atoms with Crippen molar-refractivity contribution in [2.24, 2.45) is 5.92 Å². The molecule has 2 aliphatic rings. The van der Waals surface area contributed by atoms with Crippen LogP contribution in [-0.2, 0) is 27.2 Å². The molecule has 2 atom stereocenters. The van der Waals surface area contributed by atoms with Gasteiger partial charge in [-0.1, -0.05) is 41.4 Å². The summed E-state index contributed by atoms with van der Waals surface area (Å²) in [5.41, 5.74) is 4.58. The third-order valence-electron chi connectivity index (χ3n) is 8.76. The Morgan fingerprint density at radius 1 is 0.894 bits per heavy atom. The van der Waals surface area contributed by atoms with E-state index in [0.717, 1.165) is 66.7 Å². The van der Waals surface area contributed by atoms with E-state index in [2.05, 4.69) is 23.5 Å². The number of aryl methyl sites for hydroxylation is 2. The number of nitrogens with one attached hydrogen (secondary N) is 1. The van der Waals surface area contributed by atoms with E-state index in [1.165, 1.54) is 7.11 Å². The number of ether oxygens (including phenoxy) is 4. The minimum atomic E-state index is -0.374. The number of benzene rings is 3. The summed E-state index contributed by atoms with van der Waals surface area (Å²) in [6, 6.07) is 17.7. The summed E-state index contributed by atoms with van der Waals surface area (Å²) in [6.45, 7) is 5.12. The zero-order valence-corrected chi connectivity index (χ0v) is 28.9. The maximum absolute atomic E-state index is 14.3. The maximum Gasteiger partial charge on any atom is 0.337 e. The molecule has 0 bridgehead atoms. The van der Waals surface area contributed by atoms with E-state index < -0.39 is 0 Å². The van der Waals surface area contributed by atoms with E-state index in [1.54, 1.807) is 7.11 Å². The van der Waals surface area contributed by atoms with Gasteiger partial charge in [-0.25, -0.2) is 4.79 Å². The molecule has 47 heavy (non-hydrogen) atoms. The lowest BCUT2D eigenvalue weighted by atomic mass is 9.80. The van der Waals surface area contributed by atoms with Crippen molar-refractivity contribution < 1.29 is 28.5 Å². The average molecular weight is 684 g/mol. The topological polar surface area (TPSA) is 86.3 Å². The van der Waals surface area contributed by atoms with Crippen LogP contribution in [0, 0.1) is 12.8 Å². The van der Waals surface area contributed by atoms with Gasteiger partial charge in [0.1, 0.15) is 19.0 Å². The molecular formula is C37H44Cl2N2O6. The SMILES string of the molecule is COCCCc1cc(CN(C(=O)[C@H]2CNCC[C@@H]2c2ccc(OCCOc3c(Cl)cc(C)cc3Cl)cc2)C2CC2)cc(C(=O)OC)c1. The van der Waals surface area contributed by atoms with E-state index in [9.17, 15) is 9.59 Å². The molecule has 1 saturated heterocycles. The lowest BCUT2D eigenvalue weighted by Gasteiger charge is -2.36. The second kappa shape index (κ2) is 16.7. The second-order valence-electron chi connectivity index (χ2n) is 12.4. The van der Waals surface area contributed by atoms with E-state index in [4.69, 9.17) is 42.1 Å². The molecule has 2 fully saturated rings. The number of nitrogens with zero attached hydrogens (tertiary/aromatic N) is 1. The van der Waals surface area contributed by atoms with Gasteiger partial charge in [-0.05, 0) is 110 Å². The Morgan fingerprint density at radius 2 is 1.60 bits per heavy atom. The molecule has 3 aromatic rings. The summed E-state index contributed by atoms with van der Waals surface area (Å²) in [6.07, 6.45) is 4.47. The summed E-state index contributed by atoms with van der Waals surface area (Å²) in [7, 11) is 3.07. The molecule has 5 rings (SSSR count). The number of halogens is 2. The van der Waals surface area contributed by atoms with Crippen molar-refractivity contribution in [2.75, 3.05) is 47.1 Å². The number of carbonyl (C=O) groups excluding carboxylic acids is 2. The number of amides is 1. The molecule has 1 heterocycles. The van der Waals surface area contributed by atoms with Crippen LogP contribution in [0.5, 0.6) is 11.5 Å². The number of esters is 1. The van der Waals surface area contributed by atoms with Crippen LogP contribution in [-0.4, -0.2) is 69.9 Å². The van der Waals surface area contributed by atoms with Crippen LogP contribution < -0.4 is 14.8 Å². The summed E-state index contributed by atoms with van der Waals surface area (Å²) >= 11 is 12.6. The van der Waals surface area contributed by atoms with Crippen molar-refractivity contribution in [3.05, 3.63) is 92.5 Å². The van der Waals surface area contributed by atoms with Gasteiger partial charge in [0, 0.05) is 32.8 Å². The van der Waals surface area contributed by atoms with Crippen LogP contribution in [0.4, 0.5) is 0 Å². The Kier molecular flexibility index (Phi) is 12.4. The number of hydrogen-bond acceptors (Lipinski definition) is 7. The molecule has 0 spiro atoms. The zero-order valence-electron chi connectivity index (χ0n) is 27.4. The highest BCUT2D eigenvalue weighted by Gasteiger charge is 2.40. The first kappa shape index (κ1) is 35.0. The molecule has 1 aliphatic heterocycles. The molecule has 1 N–H and O–H groups in total. The van der Waals surface area contributed by atoms with Gasteiger partial charge in [-0.3, -0.25) is 4.79 Å². The van der Waals surface area contributed by atoms with Crippen LogP contribution in [0.1, 0.15) is 64.2 Å². The standard InChI is InChI=1S/C37H44Cl2N2O6/c1-24-17-33(38)35(34(39)18-24)47-16-15-46-30-10-6-27(7-11-30)31-12-13-40-22-32(31)36(42)41(29-8-9-29)23-26-19-25(5-4-14-44-2)20-28(21-26)37(43)45-3/h6-7,10-11,17-21,29,31-32,40H,4-5,8-9,12-16,22-23H2,1-3H3/t31-,32+/m1/s1. The lowest BCUT2D eigenvalue weighted by Crippen LogP contribution is -2.47. The van der Waals surface area contributed by atoms with Crippen LogP contribution >= 0.6 is 23.2 Å². The highest BCUT2D eigenvalue weighted by molar-refractivity contribution is 6.37. The lowest BCUT2D eigenvalue weighted by molar-refractivity contribution is -0.138. The predicted octanol–water partition coefficient (Wildman–Crippen LogP) is 7.01. The van der Waals surface area contributed by atoms with Gasteiger partial charge >= 0.3 is 5.97 Å². The van der Waals surface area contributed by atoms with Crippen molar-refractivity contribution >= 4 is 35.1 Å². The summed E-state index contributed by atoms with van der Waals surface area (Å²) in [4.78, 5) is 28.8. The van der Waals surface area contributed by atoms with E-state index >= 15 is 0 Å². The molecule has 252 valence electrons. The van der Waals surface area contributed by atoms with Gasteiger partial charge < -0.3 is 29.2 Å². The Morgan fingerprint density at radius 3 is 2.28 bits per heavy atom. The van der Waals surface area contributed by atoms with Crippen LogP contribution in [0.25, 0.3) is 0 Å². The molecular weight excluding hydrogens is 639 g/mol. The van der Waals surface area contributed by atoms with Gasteiger partial charge in [0.25, 0.3) is 0 Å². The molecule has 8 nitrogen and oxygen atoms in total. The molecule has 1 saturated carbocycles. The zero-order chi connectivity index (χ0) is 33.3. The van der Waals surface area contributed by atoms with Crippen molar-refractivity contribution in [1.29, 1.82) is 0 Å². The van der Waals surface area contributed by atoms with Crippen molar-refractivity contribution in [3.8, 4) is 11.5 Å². The molecule has 0 aromatic heterocycles.